The summed E-state index contributed by atoms with van der Waals surface area (Å²) < 4.78 is 7.61. The van der Waals surface area contributed by atoms with Gasteiger partial charge in [0.05, 0.1) is 18.5 Å². The van der Waals surface area contributed by atoms with E-state index in [1.807, 2.05) is 49.4 Å². The number of fused-ring (bicyclic) bond motifs is 3. The fraction of sp³-hybridized carbons (Fsp3) is 0.318. The Kier molecular flexibility index (Phi) is 4.50. The van der Waals surface area contributed by atoms with Gasteiger partial charge in [-0.15, -0.1) is 10.2 Å². The molecule has 0 fully saturated rings. The molecule has 0 aliphatic carbocycles. The van der Waals surface area contributed by atoms with Crippen LogP contribution in [0.3, 0.4) is 0 Å². The minimum absolute atomic E-state index is 0.138. The van der Waals surface area contributed by atoms with Crippen LogP contribution in [0.2, 0.25) is 5.02 Å². The molecule has 0 saturated heterocycles. The van der Waals surface area contributed by atoms with Gasteiger partial charge in [0.1, 0.15) is 17.6 Å². The molecule has 6 heteroatoms. The average molecular weight is 395 g/mol. The van der Waals surface area contributed by atoms with Crippen LogP contribution in [0.15, 0.2) is 47.5 Å². The van der Waals surface area contributed by atoms with Crippen molar-refractivity contribution in [1.82, 2.24) is 14.8 Å². The zero-order chi connectivity index (χ0) is 20.1. The minimum Gasteiger partial charge on any atom is -0.497 e. The third-order valence-electron chi connectivity index (χ3n) is 4.99. The van der Waals surface area contributed by atoms with Crippen LogP contribution in [0.25, 0.3) is 5.69 Å². The summed E-state index contributed by atoms with van der Waals surface area (Å²) in [5.41, 5.74) is 3.75. The van der Waals surface area contributed by atoms with Crippen LogP contribution in [0.5, 0.6) is 5.75 Å². The van der Waals surface area contributed by atoms with Crippen molar-refractivity contribution < 1.29 is 4.74 Å². The summed E-state index contributed by atoms with van der Waals surface area (Å²) >= 11 is 6.13. The molecule has 5 nitrogen and oxygen atoms in total. The average Bonchev–Trinajstić information content (AvgIpc) is 2.95. The number of benzene rings is 2. The molecule has 0 radical (unpaired) electrons. The van der Waals surface area contributed by atoms with E-state index in [2.05, 4.69) is 35.5 Å². The Labute approximate surface area is 170 Å². The SMILES string of the molecule is COc1ccc2c(c1)C(c1ccc(Cl)cc1)=NC(C(C)(C)C)c1nnc(C)n1-2. The lowest BCUT2D eigenvalue weighted by Gasteiger charge is -2.26. The molecule has 144 valence electrons. The van der Waals surface area contributed by atoms with Crippen LogP contribution in [0.1, 0.15) is 49.6 Å². The topological polar surface area (TPSA) is 52.3 Å². The first-order valence-electron chi connectivity index (χ1n) is 9.24. The van der Waals surface area contributed by atoms with Crippen molar-refractivity contribution in [3.05, 3.63) is 70.3 Å². The van der Waals surface area contributed by atoms with Gasteiger partial charge in [0.2, 0.25) is 0 Å². The second-order valence-electron chi connectivity index (χ2n) is 8.08. The highest BCUT2D eigenvalue weighted by atomic mass is 35.5. The molecule has 28 heavy (non-hydrogen) atoms. The Morgan fingerprint density at radius 2 is 1.75 bits per heavy atom. The second kappa shape index (κ2) is 6.74. The normalized spacial score (nSPS) is 16.1. The second-order valence-corrected chi connectivity index (χ2v) is 8.51. The summed E-state index contributed by atoms with van der Waals surface area (Å²) in [6, 6.07) is 13.7. The fourth-order valence-electron chi connectivity index (χ4n) is 3.56. The number of halogens is 1. The first-order chi connectivity index (χ1) is 13.3. The van der Waals surface area contributed by atoms with Crippen molar-refractivity contribution in [3.63, 3.8) is 0 Å². The number of aliphatic imine (C=N–C) groups is 1. The fourth-order valence-corrected chi connectivity index (χ4v) is 3.68. The number of hydrogen-bond acceptors (Lipinski definition) is 4. The predicted molar refractivity (Wildman–Crippen MR) is 112 cm³/mol. The highest BCUT2D eigenvalue weighted by molar-refractivity contribution is 6.30. The molecule has 0 spiro atoms. The number of nitrogens with zero attached hydrogens (tertiary/aromatic N) is 4. The number of methoxy groups -OCH3 is 1. The van der Waals surface area contributed by atoms with Gasteiger partial charge in [-0.2, -0.15) is 0 Å². The van der Waals surface area contributed by atoms with Crippen molar-refractivity contribution in [2.75, 3.05) is 7.11 Å². The van der Waals surface area contributed by atoms with Gasteiger partial charge < -0.3 is 4.74 Å². The summed E-state index contributed by atoms with van der Waals surface area (Å²) in [6.07, 6.45) is 0. The largest absolute Gasteiger partial charge is 0.497 e. The summed E-state index contributed by atoms with van der Waals surface area (Å²) in [6.45, 7) is 8.49. The lowest BCUT2D eigenvalue weighted by Crippen LogP contribution is -2.20. The molecule has 1 unspecified atom stereocenters. The van der Waals surface area contributed by atoms with Crippen molar-refractivity contribution in [2.45, 2.75) is 33.7 Å². The highest BCUT2D eigenvalue weighted by Gasteiger charge is 2.35. The molecule has 0 amide bonds. The van der Waals surface area contributed by atoms with Crippen molar-refractivity contribution >= 4 is 17.3 Å². The predicted octanol–water partition coefficient (Wildman–Crippen LogP) is 5.18. The number of hydrogen-bond donors (Lipinski definition) is 0. The standard InChI is InChI=1S/C22H23ClN4O/c1-13-25-26-21-20(22(2,3)4)24-19(14-6-8-15(23)9-7-14)17-12-16(28-5)10-11-18(17)27(13)21/h6-12,20H,1-5H3. The van der Waals surface area contributed by atoms with Crippen LogP contribution in [0.4, 0.5) is 0 Å². The lowest BCUT2D eigenvalue weighted by molar-refractivity contribution is 0.315. The first kappa shape index (κ1) is 18.7. The molecule has 2 heterocycles. The number of aromatic nitrogens is 3. The third kappa shape index (κ3) is 3.10. The Bertz CT molecular complexity index is 1060. The quantitative estimate of drug-likeness (QED) is 0.602. The van der Waals surface area contributed by atoms with Gasteiger partial charge in [0.25, 0.3) is 0 Å². The molecule has 1 atom stereocenters. The molecule has 1 aromatic heterocycles. The maximum Gasteiger partial charge on any atom is 0.163 e. The van der Waals surface area contributed by atoms with E-state index >= 15 is 0 Å². The molecule has 1 aliphatic heterocycles. The van der Waals surface area contributed by atoms with E-state index in [4.69, 9.17) is 21.3 Å². The van der Waals surface area contributed by atoms with Gasteiger partial charge in [-0.1, -0.05) is 44.5 Å². The van der Waals surface area contributed by atoms with E-state index < -0.39 is 0 Å². The Morgan fingerprint density at radius 1 is 1.04 bits per heavy atom. The Hall–Kier alpha value is -2.66. The zero-order valence-corrected chi connectivity index (χ0v) is 17.4. The monoisotopic (exact) mass is 394 g/mol. The molecular weight excluding hydrogens is 372 g/mol. The third-order valence-corrected chi connectivity index (χ3v) is 5.24. The van der Waals surface area contributed by atoms with Gasteiger partial charge >= 0.3 is 0 Å². The van der Waals surface area contributed by atoms with Gasteiger partial charge in [0.15, 0.2) is 5.82 Å². The van der Waals surface area contributed by atoms with Gasteiger partial charge in [-0.25, -0.2) is 0 Å². The van der Waals surface area contributed by atoms with E-state index in [0.29, 0.717) is 5.02 Å². The van der Waals surface area contributed by atoms with Crippen LogP contribution < -0.4 is 4.74 Å². The summed E-state index contributed by atoms with van der Waals surface area (Å²) in [5, 5.41) is 9.55. The van der Waals surface area contributed by atoms with Gasteiger partial charge in [-0.05, 0) is 42.7 Å². The maximum atomic E-state index is 6.13. The van der Waals surface area contributed by atoms with E-state index in [0.717, 1.165) is 39.9 Å². The first-order valence-corrected chi connectivity index (χ1v) is 9.62. The summed E-state index contributed by atoms with van der Waals surface area (Å²) in [4.78, 5) is 5.21. The van der Waals surface area contributed by atoms with Crippen molar-refractivity contribution in [2.24, 2.45) is 10.4 Å². The van der Waals surface area contributed by atoms with Gasteiger partial charge in [0, 0.05) is 16.1 Å². The molecule has 0 bridgehead atoms. The molecule has 3 aromatic rings. The smallest absolute Gasteiger partial charge is 0.163 e. The molecule has 0 N–H and O–H groups in total. The molecule has 2 aromatic carbocycles. The Balaban J connectivity index is 2.07. The summed E-state index contributed by atoms with van der Waals surface area (Å²) in [7, 11) is 1.67. The summed E-state index contributed by atoms with van der Waals surface area (Å²) in [5.74, 6) is 2.46. The molecule has 0 saturated carbocycles. The van der Waals surface area contributed by atoms with E-state index in [1.165, 1.54) is 0 Å². The van der Waals surface area contributed by atoms with Gasteiger partial charge in [-0.3, -0.25) is 9.56 Å². The minimum atomic E-state index is -0.155. The van der Waals surface area contributed by atoms with Crippen molar-refractivity contribution in [1.29, 1.82) is 0 Å². The van der Waals surface area contributed by atoms with E-state index in [1.54, 1.807) is 7.11 Å². The molecular formula is C22H23ClN4O. The number of ether oxygens (including phenoxy) is 1. The number of rotatable bonds is 2. The van der Waals surface area contributed by atoms with Crippen molar-refractivity contribution in [3.8, 4) is 11.4 Å². The maximum absolute atomic E-state index is 6.13. The zero-order valence-electron chi connectivity index (χ0n) is 16.7. The Morgan fingerprint density at radius 3 is 2.39 bits per heavy atom. The van der Waals surface area contributed by atoms with Crippen LogP contribution in [-0.4, -0.2) is 27.6 Å². The van der Waals surface area contributed by atoms with Crippen LogP contribution >= 0.6 is 11.6 Å². The molecule has 1 aliphatic rings. The number of aryl methyl sites for hydroxylation is 1. The highest BCUT2D eigenvalue weighted by Crippen LogP contribution is 2.41. The van der Waals surface area contributed by atoms with E-state index in [-0.39, 0.29) is 11.5 Å². The van der Waals surface area contributed by atoms with Crippen LogP contribution in [0, 0.1) is 12.3 Å². The molecule has 4 rings (SSSR count). The van der Waals surface area contributed by atoms with E-state index in [9.17, 15) is 0 Å². The lowest BCUT2D eigenvalue weighted by atomic mass is 9.86. The van der Waals surface area contributed by atoms with Crippen LogP contribution in [-0.2, 0) is 0 Å².